The third kappa shape index (κ3) is 4.34. The lowest BCUT2D eigenvalue weighted by Gasteiger charge is -2.31. The van der Waals surface area contributed by atoms with Gasteiger partial charge >= 0.3 is 0 Å². The highest BCUT2D eigenvalue weighted by Gasteiger charge is 2.17. The van der Waals surface area contributed by atoms with E-state index in [4.69, 9.17) is 10.5 Å². The average molecular weight is 211 g/mol. The van der Waals surface area contributed by atoms with Crippen LogP contribution in [0.1, 0.15) is 20.3 Å². The lowest BCUT2D eigenvalue weighted by atomic mass is 10.2. The number of ether oxygens (including phenoxy) is 1. The maximum absolute atomic E-state index is 5.89. The van der Waals surface area contributed by atoms with E-state index in [1.807, 2.05) is 13.8 Å². The molecule has 0 aromatic rings. The fourth-order valence-corrected chi connectivity index (χ4v) is 1.49. The largest absolute Gasteiger partial charge is 0.375 e. The molecule has 15 heavy (non-hydrogen) atoms. The van der Waals surface area contributed by atoms with Gasteiger partial charge < -0.3 is 15.4 Å². The van der Waals surface area contributed by atoms with E-state index in [1.54, 1.807) is 0 Å². The lowest BCUT2D eigenvalue weighted by Crippen LogP contribution is -2.47. The van der Waals surface area contributed by atoms with Crippen molar-refractivity contribution in [3.63, 3.8) is 0 Å². The van der Waals surface area contributed by atoms with Crippen molar-refractivity contribution >= 4 is 5.96 Å². The summed E-state index contributed by atoms with van der Waals surface area (Å²) in [4.78, 5) is 6.40. The zero-order valence-electron chi connectivity index (χ0n) is 9.70. The molecular weight excluding hydrogens is 190 g/mol. The quantitative estimate of drug-likeness (QED) is 0.430. The molecule has 0 amide bonds. The Morgan fingerprint density at radius 1 is 1.67 bits per heavy atom. The Morgan fingerprint density at radius 2 is 2.40 bits per heavy atom. The van der Waals surface area contributed by atoms with Crippen LogP contribution in [0.4, 0.5) is 0 Å². The molecule has 1 aliphatic rings. The van der Waals surface area contributed by atoms with Gasteiger partial charge in [-0.15, -0.1) is 6.58 Å². The number of aliphatic imine (C=N–C) groups is 1. The van der Waals surface area contributed by atoms with Crippen molar-refractivity contribution in [3.05, 3.63) is 12.2 Å². The number of guanidine groups is 1. The van der Waals surface area contributed by atoms with Crippen molar-refractivity contribution < 1.29 is 4.74 Å². The second-order valence-corrected chi connectivity index (χ2v) is 4.07. The van der Waals surface area contributed by atoms with Gasteiger partial charge in [-0.2, -0.15) is 0 Å². The summed E-state index contributed by atoms with van der Waals surface area (Å²) < 4.78 is 5.43. The summed E-state index contributed by atoms with van der Waals surface area (Å²) in [5.74, 6) is 0.631. The van der Waals surface area contributed by atoms with Gasteiger partial charge in [0.15, 0.2) is 5.96 Å². The lowest BCUT2D eigenvalue weighted by molar-refractivity contribution is 0.00530. The SMILES string of the molecule is C=C(C)CCN=C(N)N1CCOC(C)C1. The van der Waals surface area contributed by atoms with Crippen molar-refractivity contribution in [2.75, 3.05) is 26.2 Å². The van der Waals surface area contributed by atoms with Crippen molar-refractivity contribution in [2.45, 2.75) is 26.4 Å². The number of rotatable bonds is 3. The van der Waals surface area contributed by atoms with Gasteiger partial charge in [0.2, 0.25) is 0 Å². The molecule has 4 nitrogen and oxygen atoms in total. The van der Waals surface area contributed by atoms with Gasteiger partial charge in [0.25, 0.3) is 0 Å². The molecule has 1 unspecified atom stereocenters. The Kier molecular flexibility index (Phi) is 4.62. The van der Waals surface area contributed by atoms with Crippen molar-refractivity contribution in [2.24, 2.45) is 10.7 Å². The third-order valence-electron chi connectivity index (χ3n) is 2.38. The van der Waals surface area contributed by atoms with Crippen LogP contribution in [0.15, 0.2) is 17.1 Å². The van der Waals surface area contributed by atoms with E-state index in [0.29, 0.717) is 5.96 Å². The second kappa shape index (κ2) is 5.75. The zero-order valence-corrected chi connectivity index (χ0v) is 9.70. The first-order valence-corrected chi connectivity index (χ1v) is 5.40. The maximum Gasteiger partial charge on any atom is 0.191 e. The molecule has 1 atom stereocenters. The van der Waals surface area contributed by atoms with Crippen LogP contribution in [0, 0.1) is 0 Å². The highest BCUT2D eigenvalue weighted by molar-refractivity contribution is 5.78. The Labute approximate surface area is 91.8 Å². The molecule has 4 heteroatoms. The first kappa shape index (κ1) is 12.0. The van der Waals surface area contributed by atoms with Crippen molar-refractivity contribution in [1.29, 1.82) is 0 Å². The van der Waals surface area contributed by atoms with E-state index >= 15 is 0 Å². The Hall–Kier alpha value is -1.03. The molecule has 1 heterocycles. The highest BCUT2D eigenvalue weighted by Crippen LogP contribution is 2.04. The molecule has 1 saturated heterocycles. The zero-order chi connectivity index (χ0) is 11.3. The van der Waals surface area contributed by atoms with Gasteiger partial charge in [-0.25, -0.2) is 0 Å². The molecule has 1 aliphatic heterocycles. The minimum atomic E-state index is 0.244. The molecule has 1 rings (SSSR count). The topological polar surface area (TPSA) is 50.8 Å². The highest BCUT2D eigenvalue weighted by atomic mass is 16.5. The van der Waals surface area contributed by atoms with E-state index in [-0.39, 0.29) is 6.10 Å². The van der Waals surface area contributed by atoms with Gasteiger partial charge in [-0.3, -0.25) is 4.99 Å². The van der Waals surface area contributed by atoms with Crippen LogP contribution >= 0.6 is 0 Å². The molecule has 0 aromatic carbocycles. The monoisotopic (exact) mass is 211 g/mol. The Morgan fingerprint density at radius 3 is 3.00 bits per heavy atom. The first-order valence-electron chi connectivity index (χ1n) is 5.40. The molecule has 1 fully saturated rings. The van der Waals surface area contributed by atoms with Crippen LogP contribution in [0.3, 0.4) is 0 Å². The molecule has 0 bridgehead atoms. The summed E-state index contributed by atoms with van der Waals surface area (Å²) >= 11 is 0. The van der Waals surface area contributed by atoms with E-state index in [9.17, 15) is 0 Å². The van der Waals surface area contributed by atoms with Crippen LogP contribution in [0.5, 0.6) is 0 Å². The fourth-order valence-electron chi connectivity index (χ4n) is 1.49. The smallest absolute Gasteiger partial charge is 0.191 e. The molecule has 0 saturated carbocycles. The summed E-state index contributed by atoms with van der Waals surface area (Å²) in [6, 6.07) is 0. The predicted octanol–water partition coefficient (Wildman–Crippen LogP) is 0.988. The molecule has 86 valence electrons. The standard InChI is InChI=1S/C11H21N3O/c1-9(2)4-5-13-11(12)14-6-7-15-10(3)8-14/h10H,1,4-8H2,2-3H3,(H2,12,13). The van der Waals surface area contributed by atoms with Crippen LogP contribution in [0.25, 0.3) is 0 Å². The van der Waals surface area contributed by atoms with Crippen LogP contribution in [-0.2, 0) is 4.74 Å². The number of hydrogen-bond donors (Lipinski definition) is 1. The van der Waals surface area contributed by atoms with Gasteiger partial charge in [-0.05, 0) is 20.3 Å². The summed E-state index contributed by atoms with van der Waals surface area (Å²) in [5, 5.41) is 0. The van der Waals surface area contributed by atoms with Gasteiger partial charge in [0, 0.05) is 19.6 Å². The predicted molar refractivity (Wildman–Crippen MR) is 62.9 cm³/mol. The van der Waals surface area contributed by atoms with E-state index in [2.05, 4.69) is 16.5 Å². The maximum atomic E-state index is 5.89. The van der Waals surface area contributed by atoms with Crippen LogP contribution in [0.2, 0.25) is 0 Å². The van der Waals surface area contributed by atoms with E-state index in [1.165, 1.54) is 0 Å². The Bertz CT molecular complexity index is 250. The number of nitrogens with zero attached hydrogens (tertiary/aromatic N) is 2. The fraction of sp³-hybridized carbons (Fsp3) is 0.727. The number of hydrogen-bond acceptors (Lipinski definition) is 2. The van der Waals surface area contributed by atoms with Crippen molar-refractivity contribution in [1.82, 2.24) is 4.90 Å². The molecule has 0 spiro atoms. The van der Waals surface area contributed by atoms with E-state index in [0.717, 1.165) is 38.2 Å². The van der Waals surface area contributed by atoms with Crippen LogP contribution in [-0.4, -0.2) is 43.2 Å². The van der Waals surface area contributed by atoms with Gasteiger partial charge in [0.05, 0.1) is 12.7 Å². The molecule has 0 aromatic heterocycles. The Balaban J connectivity index is 2.37. The molecule has 2 N–H and O–H groups in total. The second-order valence-electron chi connectivity index (χ2n) is 4.07. The molecule has 0 radical (unpaired) electrons. The number of morpholine rings is 1. The minimum absolute atomic E-state index is 0.244. The van der Waals surface area contributed by atoms with E-state index < -0.39 is 0 Å². The molecular formula is C11H21N3O. The first-order chi connectivity index (χ1) is 7.09. The number of nitrogens with two attached hydrogens (primary N) is 1. The summed E-state index contributed by atoms with van der Waals surface area (Å²) in [5.41, 5.74) is 7.03. The molecule has 0 aliphatic carbocycles. The van der Waals surface area contributed by atoms with Crippen LogP contribution < -0.4 is 5.73 Å². The van der Waals surface area contributed by atoms with Crippen molar-refractivity contribution in [3.8, 4) is 0 Å². The summed E-state index contributed by atoms with van der Waals surface area (Å²) in [7, 11) is 0. The third-order valence-corrected chi connectivity index (χ3v) is 2.38. The van der Waals surface area contributed by atoms with Gasteiger partial charge in [0.1, 0.15) is 0 Å². The summed E-state index contributed by atoms with van der Waals surface area (Å²) in [6.45, 7) is 11.0. The minimum Gasteiger partial charge on any atom is -0.375 e. The normalized spacial score (nSPS) is 22.9. The van der Waals surface area contributed by atoms with Gasteiger partial charge in [-0.1, -0.05) is 5.57 Å². The summed E-state index contributed by atoms with van der Waals surface area (Å²) in [6.07, 6.45) is 1.15. The average Bonchev–Trinajstić information content (AvgIpc) is 2.17.